The molecule has 1 atom stereocenters. The van der Waals surface area contributed by atoms with E-state index in [1.165, 1.54) is 16.7 Å². The summed E-state index contributed by atoms with van der Waals surface area (Å²) in [4.78, 5) is 0. The fraction of sp³-hybridized carbons (Fsp3) is 0.235. The highest BCUT2D eigenvalue weighted by Crippen LogP contribution is 2.14. The maximum absolute atomic E-state index is 5.36. The van der Waals surface area contributed by atoms with Crippen molar-refractivity contribution >= 4 is 23.0 Å². The van der Waals surface area contributed by atoms with Gasteiger partial charge in [0.05, 0.1) is 6.04 Å². The number of rotatable bonds is 3. The van der Waals surface area contributed by atoms with E-state index in [9.17, 15) is 0 Å². The minimum absolute atomic E-state index is 0.181. The van der Waals surface area contributed by atoms with Crippen molar-refractivity contribution in [2.45, 2.75) is 26.8 Å². The molecule has 0 radical (unpaired) electrons. The van der Waals surface area contributed by atoms with Crippen LogP contribution in [-0.2, 0) is 0 Å². The third kappa shape index (κ3) is 4.07. The lowest BCUT2D eigenvalue weighted by Gasteiger charge is -2.17. The van der Waals surface area contributed by atoms with Gasteiger partial charge in [-0.2, -0.15) is 0 Å². The average Bonchev–Trinajstić information content (AvgIpc) is 2.39. The number of nitrogens with one attached hydrogen (secondary N) is 2. The predicted molar refractivity (Wildman–Crippen MR) is 90.1 cm³/mol. The Bertz CT molecular complexity index is 590. The van der Waals surface area contributed by atoms with Crippen molar-refractivity contribution in [1.82, 2.24) is 5.32 Å². The summed E-state index contributed by atoms with van der Waals surface area (Å²) >= 11 is 5.36. The molecule has 0 aliphatic carbocycles. The lowest BCUT2D eigenvalue weighted by molar-refractivity contribution is 0.722. The van der Waals surface area contributed by atoms with Gasteiger partial charge in [0.25, 0.3) is 0 Å². The van der Waals surface area contributed by atoms with Crippen LogP contribution in [0.25, 0.3) is 0 Å². The molecule has 2 N–H and O–H groups in total. The summed E-state index contributed by atoms with van der Waals surface area (Å²) in [5, 5.41) is 7.16. The Morgan fingerprint density at radius 3 is 2.35 bits per heavy atom. The summed E-state index contributed by atoms with van der Waals surface area (Å²) in [5.74, 6) is 0. The molecule has 0 saturated heterocycles. The summed E-state index contributed by atoms with van der Waals surface area (Å²) < 4.78 is 0. The molecule has 0 aromatic heterocycles. The van der Waals surface area contributed by atoms with Crippen LogP contribution in [0, 0.1) is 13.8 Å². The van der Waals surface area contributed by atoms with E-state index in [1.807, 2.05) is 12.1 Å². The molecule has 3 heteroatoms. The third-order valence-electron chi connectivity index (χ3n) is 3.20. The van der Waals surface area contributed by atoms with Crippen LogP contribution < -0.4 is 10.6 Å². The van der Waals surface area contributed by atoms with Gasteiger partial charge in [0.2, 0.25) is 0 Å². The SMILES string of the molecule is Cc1ccc([C@H](C)NC(=S)Nc2cccc(C)c2)cc1. The Balaban J connectivity index is 1.95. The zero-order chi connectivity index (χ0) is 14.5. The molecule has 0 heterocycles. The molecule has 2 nitrogen and oxygen atoms in total. The summed E-state index contributed by atoms with van der Waals surface area (Å²) in [6, 6.07) is 16.8. The lowest BCUT2D eigenvalue weighted by Crippen LogP contribution is -2.30. The van der Waals surface area contributed by atoms with Gasteiger partial charge in [0.1, 0.15) is 0 Å². The van der Waals surface area contributed by atoms with Gasteiger partial charge >= 0.3 is 0 Å². The van der Waals surface area contributed by atoms with Crippen molar-refractivity contribution in [3.05, 3.63) is 65.2 Å². The Morgan fingerprint density at radius 2 is 1.70 bits per heavy atom. The molecule has 0 amide bonds. The van der Waals surface area contributed by atoms with Crippen LogP contribution in [0.2, 0.25) is 0 Å². The van der Waals surface area contributed by atoms with Crippen LogP contribution in [0.15, 0.2) is 48.5 Å². The molecule has 0 fully saturated rings. The van der Waals surface area contributed by atoms with Crippen LogP contribution in [0.1, 0.15) is 29.7 Å². The lowest BCUT2D eigenvalue weighted by atomic mass is 10.1. The molecule has 2 rings (SSSR count). The second-order valence-corrected chi connectivity index (χ2v) is 5.51. The highest BCUT2D eigenvalue weighted by molar-refractivity contribution is 7.80. The van der Waals surface area contributed by atoms with Gasteiger partial charge in [0.15, 0.2) is 5.11 Å². The molecule has 0 unspecified atom stereocenters. The third-order valence-corrected chi connectivity index (χ3v) is 3.42. The zero-order valence-corrected chi connectivity index (χ0v) is 12.9. The maximum atomic E-state index is 5.36. The average molecular weight is 284 g/mol. The Kier molecular flexibility index (Phi) is 4.74. The number of aryl methyl sites for hydroxylation is 2. The van der Waals surface area contributed by atoms with Gasteiger partial charge in [-0.1, -0.05) is 42.0 Å². The zero-order valence-electron chi connectivity index (χ0n) is 12.1. The van der Waals surface area contributed by atoms with E-state index in [2.05, 4.69) is 67.8 Å². The van der Waals surface area contributed by atoms with Gasteiger partial charge in [-0.3, -0.25) is 0 Å². The topological polar surface area (TPSA) is 24.1 Å². The number of benzene rings is 2. The van der Waals surface area contributed by atoms with E-state index in [0.717, 1.165) is 5.69 Å². The van der Waals surface area contributed by atoms with Crippen LogP contribution in [0.3, 0.4) is 0 Å². The van der Waals surface area contributed by atoms with Crippen LogP contribution in [-0.4, -0.2) is 5.11 Å². The molecule has 0 aliphatic rings. The van der Waals surface area contributed by atoms with Gasteiger partial charge in [-0.25, -0.2) is 0 Å². The van der Waals surface area contributed by atoms with E-state index >= 15 is 0 Å². The standard InChI is InChI=1S/C17H20N2S/c1-12-7-9-15(10-8-12)14(3)18-17(20)19-16-6-4-5-13(2)11-16/h4-11,14H,1-3H3,(H2,18,19,20)/t14-/m0/s1. The minimum Gasteiger partial charge on any atom is -0.356 e. The second kappa shape index (κ2) is 6.53. The van der Waals surface area contributed by atoms with E-state index in [4.69, 9.17) is 12.2 Å². The van der Waals surface area contributed by atoms with E-state index in [0.29, 0.717) is 5.11 Å². The number of hydrogen-bond acceptors (Lipinski definition) is 1. The predicted octanol–water partition coefficient (Wildman–Crippen LogP) is 4.35. The normalized spacial score (nSPS) is 11.8. The summed E-state index contributed by atoms with van der Waals surface area (Å²) in [6.07, 6.45) is 0. The highest BCUT2D eigenvalue weighted by atomic mass is 32.1. The van der Waals surface area contributed by atoms with Gasteiger partial charge in [-0.05, 0) is 56.2 Å². The number of anilines is 1. The van der Waals surface area contributed by atoms with Crippen molar-refractivity contribution in [3.8, 4) is 0 Å². The van der Waals surface area contributed by atoms with Crippen molar-refractivity contribution in [2.75, 3.05) is 5.32 Å². The molecular formula is C17H20N2S. The van der Waals surface area contributed by atoms with Gasteiger partial charge < -0.3 is 10.6 Å². The Morgan fingerprint density at radius 1 is 1.00 bits per heavy atom. The van der Waals surface area contributed by atoms with Crippen molar-refractivity contribution in [2.24, 2.45) is 0 Å². The van der Waals surface area contributed by atoms with Gasteiger partial charge in [0, 0.05) is 5.69 Å². The molecule has 20 heavy (non-hydrogen) atoms. The largest absolute Gasteiger partial charge is 0.356 e. The molecule has 0 aliphatic heterocycles. The molecule has 0 saturated carbocycles. The van der Waals surface area contributed by atoms with Crippen molar-refractivity contribution in [3.63, 3.8) is 0 Å². The monoisotopic (exact) mass is 284 g/mol. The molecular weight excluding hydrogens is 264 g/mol. The highest BCUT2D eigenvalue weighted by Gasteiger charge is 2.06. The molecule has 104 valence electrons. The van der Waals surface area contributed by atoms with E-state index in [-0.39, 0.29) is 6.04 Å². The van der Waals surface area contributed by atoms with Crippen LogP contribution in [0.5, 0.6) is 0 Å². The summed E-state index contributed by atoms with van der Waals surface area (Å²) in [7, 11) is 0. The van der Waals surface area contributed by atoms with E-state index in [1.54, 1.807) is 0 Å². The van der Waals surface area contributed by atoms with Crippen LogP contribution >= 0.6 is 12.2 Å². The second-order valence-electron chi connectivity index (χ2n) is 5.10. The fourth-order valence-electron chi connectivity index (χ4n) is 2.03. The molecule has 0 spiro atoms. The van der Waals surface area contributed by atoms with Gasteiger partial charge in [-0.15, -0.1) is 0 Å². The number of hydrogen-bond donors (Lipinski definition) is 2. The van der Waals surface area contributed by atoms with E-state index < -0.39 is 0 Å². The smallest absolute Gasteiger partial charge is 0.171 e. The first kappa shape index (κ1) is 14.5. The first-order valence-corrected chi connectivity index (χ1v) is 7.16. The van der Waals surface area contributed by atoms with Crippen molar-refractivity contribution in [1.29, 1.82) is 0 Å². The first-order valence-electron chi connectivity index (χ1n) is 6.75. The minimum atomic E-state index is 0.181. The molecule has 0 bridgehead atoms. The fourth-order valence-corrected chi connectivity index (χ4v) is 2.32. The molecule has 2 aromatic carbocycles. The molecule has 2 aromatic rings. The summed E-state index contributed by atoms with van der Waals surface area (Å²) in [6.45, 7) is 6.26. The van der Waals surface area contributed by atoms with Crippen molar-refractivity contribution < 1.29 is 0 Å². The number of thiocarbonyl (C=S) groups is 1. The Hall–Kier alpha value is -1.87. The van der Waals surface area contributed by atoms with Crippen LogP contribution in [0.4, 0.5) is 5.69 Å². The quantitative estimate of drug-likeness (QED) is 0.819. The maximum Gasteiger partial charge on any atom is 0.171 e. The Labute approximate surface area is 126 Å². The first-order chi connectivity index (χ1) is 9.54. The summed E-state index contributed by atoms with van der Waals surface area (Å²) in [5.41, 5.74) is 4.72.